The fraction of sp³-hybridized carbons (Fsp3) is 0.533. The minimum Gasteiger partial charge on any atom is -0.366 e. The second-order valence-electron chi connectivity index (χ2n) is 5.48. The van der Waals surface area contributed by atoms with Gasteiger partial charge in [-0.05, 0) is 52.7 Å². The number of anilines is 1. The van der Waals surface area contributed by atoms with Crippen molar-refractivity contribution in [1.29, 1.82) is 5.26 Å². The summed E-state index contributed by atoms with van der Waals surface area (Å²) in [6.07, 6.45) is 3.26. The van der Waals surface area contributed by atoms with Gasteiger partial charge >= 0.3 is 0 Å². The van der Waals surface area contributed by atoms with Crippen molar-refractivity contribution in [2.45, 2.75) is 38.6 Å². The SMILES string of the molecule is CC1CCC(C)C(C#N)(Nc2ccccc2Br)C1. The van der Waals surface area contributed by atoms with Crippen molar-refractivity contribution in [1.82, 2.24) is 0 Å². The Morgan fingerprint density at radius 2 is 2.06 bits per heavy atom. The summed E-state index contributed by atoms with van der Waals surface area (Å²) < 4.78 is 1.02. The molecule has 2 nitrogen and oxygen atoms in total. The van der Waals surface area contributed by atoms with Crippen molar-refractivity contribution in [2.75, 3.05) is 5.32 Å². The van der Waals surface area contributed by atoms with Gasteiger partial charge in [0.15, 0.2) is 0 Å². The molecule has 96 valence electrons. The Balaban J connectivity index is 2.28. The van der Waals surface area contributed by atoms with Crippen LogP contribution in [0, 0.1) is 23.2 Å². The van der Waals surface area contributed by atoms with Gasteiger partial charge in [-0.15, -0.1) is 0 Å². The van der Waals surface area contributed by atoms with E-state index >= 15 is 0 Å². The summed E-state index contributed by atoms with van der Waals surface area (Å²) in [7, 11) is 0. The highest BCUT2D eigenvalue weighted by Crippen LogP contribution is 2.40. The second kappa shape index (κ2) is 5.32. The molecule has 18 heavy (non-hydrogen) atoms. The Morgan fingerprint density at radius 1 is 1.33 bits per heavy atom. The maximum absolute atomic E-state index is 9.65. The fourth-order valence-corrected chi connectivity index (χ4v) is 3.18. The zero-order valence-corrected chi connectivity index (χ0v) is 12.5. The quantitative estimate of drug-likeness (QED) is 0.868. The topological polar surface area (TPSA) is 35.8 Å². The van der Waals surface area contributed by atoms with Gasteiger partial charge in [0.2, 0.25) is 0 Å². The third kappa shape index (κ3) is 2.54. The molecule has 2 rings (SSSR count). The van der Waals surface area contributed by atoms with Crippen LogP contribution in [0.4, 0.5) is 5.69 Å². The van der Waals surface area contributed by atoms with Gasteiger partial charge in [0, 0.05) is 10.2 Å². The predicted molar refractivity (Wildman–Crippen MR) is 78.3 cm³/mol. The zero-order chi connectivity index (χ0) is 13.2. The first kappa shape index (κ1) is 13.4. The highest BCUT2D eigenvalue weighted by Gasteiger charge is 2.41. The molecule has 0 aliphatic heterocycles. The molecular weight excluding hydrogens is 288 g/mol. The number of para-hydroxylation sites is 1. The van der Waals surface area contributed by atoms with E-state index in [2.05, 4.69) is 41.2 Å². The van der Waals surface area contributed by atoms with Crippen LogP contribution in [0.25, 0.3) is 0 Å². The zero-order valence-electron chi connectivity index (χ0n) is 10.9. The lowest BCUT2D eigenvalue weighted by Crippen LogP contribution is -2.47. The van der Waals surface area contributed by atoms with E-state index in [4.69, 9.17) is 0 Å². The summed E-state index contributed by atoms with van der Waals surface area (Å²) in [5.74, 6) is 0.988. The Hall–Kier alpha value is -1.01. The van der Waals surface area contributed by atoms with E-state index in [0.717, 1.165) is 23.0 Å². The van der Waals surface area contributed by atoms with Crippen molar-refractivity contribution in [3.63, 3.8) is 0 Å². The van der Waals surface area contributed by atoms with Crippen molar-refractivity contribution in [2.24, 2.45) is 11.8 Å². The van der Waals surface area contributed by atoms with E-state index in [0.29, 0.717) is 11.8 Å². The first-order valence-electron chi connectivity index (χ1n) is 6.51. The van der Waals surface area contributed by atoms with E-state index in [1.807, 2.05) is 24.3 Å². The molecule has 1 aliphatic rings. The molecule has 0 aromatic heterocycles. The number of halogens is 1. The van der Waals surface area contributed by atoms with Gasteiger partial charge < -0.3 is 5.32 Å². The highest BCUT2D eigenvalue weighted by atomic mass is 79.9. The van der Waals surface area contributed by atoms with Crippen LogP contribution in [0.5, 0.6) is 0 Å². The molecule has 0 radical (unpaired) electrons. The molecule has 3 atom stereocenters. The predicted octanol–water partition coefficient (Wildman–Crippen LogP) is 4.58. The number of nitrogens with one attached hydrogen (secondary N) is 1. The molecule has 1 aromatic carbocycles. The van der Waals surface area contributed by atoms with Crippen molar-refractivity contribution >= 4 is 21.6 Å². The van der Waals surface area contributed by atoms with Crippen LogP contribution in [0.2, 0.25) is 0 Å². The van der Waals surface area contributed by atoms with E-state index in [9.17, 15) is 5.26 Å². The van der Waals surface area contributed by atoms with Crippen LogP contribution >= 0.6 is 15.9 Å². The van der Waals surface area contributed by atoms with Gasteiger partial charge in [-0.3, -0.25) is 0 Å². The summed E-state index contributed by atoms with van der Waals surface area (Å²) in [5.41, 5.74) is 0.585. The largest absolute Gasteiger partial charge is 0.366 e. The van der Waals surface area contributed by atoms with Crippen LogP contribution in [0.3, 0.4) is 0 Å². The van der Waals surface area contributed by atoms with Crippen molar-refractivity contribution in [3.8, 4) is 6.07 Å². The fourth-order valence-electron chi connectivity index (χ4n) is 2.79. The van der Waals surface area contributed by atoms with Gasteiger partial charge in [-0.2, -0.15) is 5.26 Å². The molecular formula is C15H19BrN2. The summed E-state index contributed by atoms with van der Waals surface area (Å²) >= 11 is 3.54. The summed E-state index contributed by atoms with van der Waals surface area (Å²) in [4.78, 5) is 0. The Kier molecular flexibility index (Phi) is 3.97. The van der Waals surface area contributed by atoms with Gasteiger partial charge in [0.25, 0.3) is 0 Å². The Labute approximate surface area is 118 Å². The molecule has 0 bridgehead atoms. The van der Waals surface area contributed by atoms with E-state index in [1.165, 1.54) is 6.42 Å². The van der Waals surface area contributed by atoms with Crippen LogP contribution in [0.15, 0.2) is 28.7 Å². The minimum atomic E-state index is -0.429. The minimum absolute atomic E-state index is 0.380. The lowest BCUT2D eigenvalue weighted by atomic mass is 9.70. The third-order valence-corrected chi connectivity index (χ3v) is 4.73. The monoisotopic (exact) mass is 306 g/mol. The lowest BCUT2D eigenvalue weighted by Gasteiger charge is -2.41. The molecule has 1 N–H and O–H groups in total. The van der Waals surface area contributed by atoms with Crippen molar-refractivity contribution in [3.05, 3.63) is 28.7 Å². The lowest BCUT2D eigenvalue weighted by molar-refractivity contribution is 0.229. The average molecular weight is 307 g/mol. The molecule has 3 heteroatoms. The molecule has 1 saturated carbocycles. The smallest absolute Gasteiger partial charge is 0.128 e. The van der Waals surface area contributed by atoms with Gasteiger partial charge in [0.1, 0.15) is 5.54 Å². The number of rotatable bonds is 2. The summed E-state index contributed by atoms with van der Waals surface area (Å²) in [6.45, 7) is 4.42. The Bertz CT molecular complexity index is 466. The number of nitriles is 1. The Morgan fingerprint density at radius 3 is 2.72 bits per heavy atom. The number of hydrogen-bond acceptors (Lipinski definition) is 2. The van der Waals surface area contributed by atoms with E-state index in [-0.39, 0.29) is 0 Å². The summed E-state index contributed by atoms with van der Waals surface area (Å²) in [5, 5.41) is 13.1. The second-order valence-corrected chi connectivity index (χ2v) is 6.33. The molecule has 1 aromatic rings. The molecule has 0 heterocycles. The number of nitrogens with zero attached hydrogens (tertiary/aromatic N) is 1. The van der Waals surface area contributed by atoms with Crippen LogP contribution in [-0.2, 0) is 0 Å². The van der Waals surface area contributed by atoms with Gasteiger partial charge in [-0.25, -0.2) is 0 Å². The highest BCUT2D eigenvalue weighted by molar-refractivity contribution is 9.10. The maximum Gasteiger partial charge on any atom is 0.128 e. The number of benzene rings is 1. The molecule has 1 fully saturated rings. The molecule has 0 spiro atoms. The van der Waals surface area contributed by atoms with Gasteiger partial charge in [0.05, 0.1) is 6.07 Å². The first-order valence-corrected chi connectivity index (χ1v) is 7.30. The molecule has 3 unspecified atom stereocenters. The number of hydrogen-bond donors (Lipinski definition) is 1. The van der Waals surface area contributed by atoms with Gasteiger partial charge in [-0.1, -0.05) is 32.4 Å². The van der Waals surface area contributed by atoms with Crippen LogP contribution < -0.4 is 5.32 Å². The average Bonchev–Trinajstić information content (AvgIpc) is 2.36. The maximum atomic E-state index is 9.65. The van der Waals surface area contributed by atoms with Crippen LogP contribution in [-0.4, -0.2) is 5.54 Å². The molecule has 0 amide bonds. The molecule has 1 aliphatic carbocycles. The molecule has 0 saturated heterocycles. The van der Waals surface area contributed by atoms with Crippen LogP contribution in [0.1, 0.15) is 33.1 Å². The first-order chi connectivity index (χ1) is 8.57. The van der Waals surface area contributed by atoms with E-state index < -0.39 is 5.54 Å². The van der Waals surface area contributed by atoms with E-state index in [1.54, 1.807) is 0 Å². The standard InChI is InChI=1S/C15H19BrN2/c1-11-7-8-12(2)15(9-11,10-17)18-14-6-4-3-5-13(14)16/h3-6,11-12,18H,7-9H2,1-2H3. The third-order valence-electron chi connectivity index (χ3n) is 4.04. The summed E-state index contributed by atoms with van der Waals surface area (Å²) in [6, 6.07) is 10.6. The van der Waals surface area contributed by atoms with Crippen molar-refractivity contribution < 1.29 is 0 Å². The normalized spacial score (nSPS) is 31.7.